The Morgan fingerprint density at radius 2 is 1.48 bits per heavy atom. The maximum absolute atomic E-state index is 12.5. The number of hydrogen-bond donors (Lipinski definition) is 1. The molecule has 0 spiro atoms. The summed E-state index contributed by atoms with van der Waals surface area (Å²) in [4.78, 5) is 11.2. The predicted molar refractivity (Wildman–Crippen MR) is 68.2 cm³/mol. The lowest BCUT2D eigenvalue weighted by atomic mass is 9.93. The van der Waals surface area contributed by atoms with Gasteiger partial charge in [0, 0.05) is 7.11 Å². The molecule has 0 aliphatic carbocycles. The maximum Gasteiger partial charge on any atom is 0.393 e. The highest BCUT2D eigenvalue weighted by Gasteiger charge is 2.32. The third kappa shape index (κ3) is 6.89. The fourth-order valence-electron chi connectivity index (χ4n) is 2.14. The SMILES string of the molecule is COC[C@@H](C(=O)O)c1cc(CC(F)(F)F)cc(CC(F)(F)F)c1. The lowest BCUT2D eigenvalue weighted by molar-refractivity contribution is -0.140. The average Bonchev–Trinajstić information content (AvgIpc) is 2.30. The lowest BCUT2D eigenvalue weighted by Crippen LogP contribution is -2.19. The van der Waals surface area contributed by atoms with E-state index in [2.05, 4.69) is 4.74 Å². The summed E-state index contributed by atoms with van der Waals surface area (Å²) in [6, 6.07) is 2.69. The van der Waals surface area contributed by atoms with Gasteiger partial charge in [0.1, 0.15) is 5.92 Å². The maximum atomic E-state index is 12.5. The summed E-state index contributed by atoms with van der Waals surface area (Å²) in [6.07, 6.45) is -12.1. The van der Waals surface area contributed by atoms with Gasteiger partial charge in [-0.3, -0.25) is 4.79 Å². The smallest absolute Gasteiger partial charge is 0.393 e. The van der Waals surface area contributed by atoms with Gasteiger partial charge >= 0.3 is 18.3 Å². The van der Waals surface area contributed by atoms with Gasteiger partial charge in [-0.15, -0.1) is 0 Å². The van der Waals surface area contributed by atoms with E-state index in [9.17, 15) is 31.1 Å². The molecule has 0 amide bonds. The molecule has 0 radical (unpaired) electrons. The van der Waals surface area contributed by atoms with Crippen LogP contribution in [0.3, 0.4) is 0 Å². The van der Waals surface area contributed by atoms with Crippen molar-refractivity contribution in [3.05, 3.63) is 34.9 Å². The van der Waals surface area contributed by atoms with Crippen molar-refractivity contribution in [2.24, 2.45) is 0 Å². The molecule has 1 rings (SSSR count). The summed E-state index contributed by atoms with van der Waals surface area (Å²) in [5.74, 6) is -2.74. The molecule has 1 N–H and O–H groups in total. The van der Waals surface area contributed by atoms with Gasteiger partial charge in [-0.2, -0.15) is 26.3 Å². The first-order valence-electron chi connectivity index (χ1n) is 6.39. The van der Waals surface area contributed by atoms with Crippen molar-refractivity contribution in [3.63, 3.8) is 0 Å². The minimum Gasteiger partial charge on any atom is -0.481 e. The number of ether oxygens (including phenoxy) is 1. The van der Waals surface area contributed by atoms with Crippen LogP contribution in [0.25, 0.3) is 0 Å². The molecule has 23 heavy (non-hydrogen) atoms. The van der Waals surface area contributed by atoms with E-state index in [1.807, 2.05) is 0 Å². The molecular weight excluding hydrogens is 330 g/mol. The van der Waals surface area contributed by atoms with Crippen LogP contribution in [0, 0.1) is 0 Å². The standard InChI is InChI=1S/C14H14F6O3/c1-23-7-11(12(21)22)10-3-8(5-13(15,16)17)2-9(4-10)6-14(18,19)20/h2-4,11H,5-7H2,1H3,(H,21,22)/t11-/m1/s1. The van der Waals surface area contributed by atoms with E-state index < -0.39 is 48.2 Å². The van der Waals surface area contributed by atoms with Gasteiger partial charge in [0.2, 0.25) is 0 Å². The molecule has 0 aromatic heterocycles. The Kier molecular flexibility index (Phi) is 6.04. The molecule has 0 unspecified atom stereocenters. The number of alkyl halides is 6. The summed E-state index contributed by atoms with van der Waals surface area (Å²) in [5, 5.41) is 9.08. The zero-order chi connectivity index (χ0) is 17.8. The zero-order valence-electron chi connectivity index (χ0n) is 12.0. The van der Waals surface area contributed by atoms with E-state index >= 15 is 0 Å². The van der Waals surface area contributed by atoms with Crippen LogP contribution in [-0.2, 0) is 22.4 Å². The number of methoxy groups -OCH3 is 1. The van der Waals surface area contributed by atoms with Crippen molar-refractivity contribution in [1.29, 1.82) is 0 Å². The normalized spacial score (nSPS) is 13.9. The summed E-state index contributed by atoms with van der Waals surface area (Å²) in [5.41, 5.74) is -0.992. The van der Waals surface area contributed by atoms with Crippen LogP contribution in [0.1, 0.15) is 22.6 Å². The quantitative estimate of drug-likeness (QED) is 0.801. The van der Waals surface area contributed by atoms with E-state index in [0.29, 0.717) is 0 Å². The van der Waals surface area contributed by atoms with Crippen LogP contribution in [0.2, 0.25) is 0 Å². The van der Waals surface area contributed by atoms with Gasteiger partial charge in [0.25, 0.3) is 0 Å². The predicted octanol–water partition coefficient (Wildman–Crippen LogP) is 3.71. The number of rotatable bonds is 6. The Balaban J connectivity index is 3.29. The first-order chi connectivity index (χ1) is 10.4. The second-order valence-electron chi connectivity index (χ2n) is 5.01. The topological polar surface area (TPSA) is 46.5 Å². The lowest BCUT2D eigenvalue weighted by Gasteiger charge is -2.17. The van der Waals surface area contributed by atoms with Gasteiger partial charge in [0.15, 0.2) is 0 Å². The van der Waals surface area contributed by atoms with Crippen molar-refractivity contribution in [3.8, 4) is 0 Å². The molecule has 0 aliphatic rings. The summed E-state index contributed by atoms with van der Waals surface area (Å²) < 4.78 is 79.6. The molecule has 0 aliphatic heterocycles. The third-order valence-corrected chi connectivity index (χ3v) is 2.92. The van der Waals surface area contributed by atoms with Gasteiger partial charge in [-0.1, -0.05) is 18.2 Å². The Morgan fingerprint density at radius 3 is 1.78 bits per heavy atom. The monoisotopic (exact) mass is 344 g/mol. The highest BCUT2D eigenvalue weighted by Crippen LogP contribution is 2.29. The first-order valence-corrected chi connectivity index (χ1v) is 6.39. The molecule has 3 nitrogen and oxygen atoms in total. The number of carboxylic acids is 1. The van der Waals surface area contributed by atoms with E-state index in [0.717, 1.165) is 18.2 Å². The van der Waals surface area contributed by atoms with Crippen molar-refractivity contribution in [1.82, 2.24) is 0 Å². The van der Waals surface area contributed by atoms with Crippen molar-refractivity contribution >= 4 is 5.97 Å². The Labute approximate surface area is 127 Å². The molecule has 0 saturated carbocycles. The Hall–Kier alpha value is -1.77. The van der Waals surface area contributed by atoms with E-state index in [4.69, 9.17) is 5.11 Å². The Morgan fingerprint density at radius 1 is 1.04 bits per heavy atom. The van der Waals surface area contributed by atoms with Crippen LogP contribution in [0.4, 0.5) is 26.3 Å². The fourth-order valence-corrected chi connectivity index (χ4v) is 2.14. The Bertz CT molecular complexity index is 516. The minimum atomic E-state index is -4.62. The van der Waals surface area contributed by atoms with Crippen LogP contribution >= 0.6 is 0 Å². The average molecular weight is 344 g/mol. The first kappa shape index (κ1) is 19.3. The van der Waals surface area contributed by atoms with E-state index in [-0.39, 0.29) is 12.2 Å². The minimum absolute atomic E-state index is 0.152. The molecule has 9 heteroatoms. The largest absolute Gasteiger partial charge is 0.481 e. The number of aliphatic carboxylic acids is 1. The third-order valence-electron chi connectivity index (χ3n) is 2.92. The van der Waals surface area contributed by atoms with Crippen LogP contribution in [0.15, 0.2) is 18.2 Å². The molecule has 1 aromatic carbocycles. The molecule has 1 atom stereocenters. The van der Waals surface area contributed by atoms with Gasteiger partial charge in [0.05, 0.1) is 19.4 Å². The van der Waals surface area contributed by atoms with Gasteiger partial charge in [-0.25, -0.2) is 0 Å². The summed E-state index contributed by atoms with van der Waals surface area (Å²) in [7, 11) is 1.19. The second kappa shape index (κ2) is 7.20. The number of carboxylic acid groups (broad SMARTS) is 1. The number of hydrogen-bond acceptors (Lipinski definition) is 2. The molecule has 1 aromatic rings. The van der Waals surface area contributed by atoms with E-state index in [1.54, 1.807) is 0 Å². The van der Waals surface area contributed by atoms with Gasteiger partial charge in [-0.05, 0) is 16.7 Å². The number of carbonyl (C=O) groups is 1. The number of halogens is 6. The van der Waals surface area contributed by atoms with Crippen molar-refractivity contribution < 1.29 is 41.0 Å². The van der Waals surface area contributed by atoms with Crippen LogP contribution in [0.5, 0.6) is 0 Å². The van der Waals surface area contributed by atoms with Crippen LogP contribution < -0.4 is 0 Å². The fraction of sp³-hybridized carbons (Fsp3) is 0.500. The number of benzene rings is 1. The van der Waals surface area contributed by atoms with Crippen molar-refractivity contribution in [2.75, 3.05) is 13.7 Å². The summed E-state index contributed by atoms with van der Waals surface area (Å²) >= 11 is 0. The summed E-state index contributed by atoms with van der Waals surface area (Å²) in [6.45, 7) is -0.365. The van der Waals surface area contributed by atoms with Crippen molar-refractivity contribution in [2.45, 2.75) is 31.1 Å². The molecule has 0 heterocycles. The molecule has 130 valence electrons. The van der Waals surface area contributed by atoms with Gasteiger partial charge < -0.3 is 9.84 Å². The molecule has 0 saturated heterocycles. The molecule has 0 bridgehead atoms. The highest BCUT2D eigenvalue weighted by molar-refractivity contribution is 5.76. The highest BCUT2D eigenvalue weighted by atomic mass is 19.4. The second-order valence-corrected chi connectivity index (χ2v) is 5.01. The van der Waals surface area contributed by atoms with E-state index in [1.165, 1.54) is 7.11 Å². The zero-order valence-corrected chi connectivity index (χ0v) is 12.0. The van der Waals surface area contributed by atoms with Crippen LogP contribution in [-0.4, -0.2) is 37.1 Å². The molecule has 0 fully saturated rings. The molecular formula is C14H14F6O3.